The highest BCUT2D eigenvalue weighted by molar-refractivity contribution is 5.94. The van der Waals surface area contributed by atoms with E-state index in [1.807, 2.05) is 0 Å². The molecule has 0 aliphatic heterocycles. The topological polar surface area (TPSA) is 57.6 Å². The molecular weight excluding hydrogens is 273 g/mol. The van der Waals surface area contributed by atoms with Gasteiger partial charge < -0.3 is 10.0 Å². The van der Waals surface area contributed by atoms with Crippen LogP contribution in [0.25, 0.3) is 6.08 Å². The van der Waals surface area contributed by atoms with Crippen molar-refractivity contribution < 1.29 is 19.1 Å². The van der Waals surface area contributed by atoms with Crippen LogP contribution < -0.4 is 0 Å². The fourth-order valence-electron chi connectivity index (χ4n) is 2.62. The summed E-state index contributed by atoms with van der Waals surface area (Å²) in [5, 5.41) is 8.53. The number of carbonyl (C=O) groups is 2. The smallest absolute Gasteiger partial charge is 0.328 e. The maximum Gasteiger partial charge on any atom is 0.328 e. The summed E-state index contributed by atoms with van der Waals surface area (Å²) in [7, 11) is 1.74. The SMILES string of the molecule is CN(C(=O)c1ccc(C=CC(=O)O)c(F)c1)C1CCCC1. The maximum absolute atomic E-state index is 13.9. The number of carboxylic acids is 1. The molecule has 0 aromatic heterocycles. The van der Waals surface area contributed by atoms with Crippen molar-refractivity contribution >= 4 is 18.0 Å². The van der Waals surface area contributed by atoms with E-state index in [1.54, 1.807) is 11.9 Å². The van der Waals surface area contributed by atoms with Crippen LogP contribution >= 0.6 is 0 Å². The van der Waals surface area contributed by atoms with E-state index in [2.05, 4.69) is 0 Å². The molecule has 0 saturated heterocycles. The summed E-state index contributed by atoms with van der Waals surface area (Å²) in [5.41, 5.74) is 0.437. The van der Waals surface area contributed by atoms with E-state index < -0.39 is 11.8 Å². The fourth-order valence-corrected chi connectivity index (χ4v) is 2.62. The maximum atomic E-state index is 13.9. The lowest BCUT2D eigenvalue weighted by Gasteiger charge is -2.24. The first-order chi connectivity index (χ1) is 9.99. The number of amides is 1. The Morgan fingerprint density at radius 1 is 1.33 bits per heavy atom. The number of aliphatic carboxylic acids is 1. The summed E-state index contributed by atoms with van der Waals surface area (Å²) >= 11 is 0. The third kappa shape index (κ3) is 3.68. The Morgan fingerprint density at radius 3 is 2.57 bits per heavy atom. The van der Waals surface area contributed by atoms with E-state index in [4.69, 9.17) is 5.11 Å². The van der Waals surface area contributed by atoms with Crippen molar-refractivity contribution in [1.82, 2.24) is 4.90 Å². The van der Waals surface area contributed by atoms with Gasteiger partial charge in [0.05, 0.1) is 0 Å². The summed E-state index contributed by atoms with van der Waals surface area (Å²) in [5.74, 6) is -1.94. The molecule has 0 radical (unpaired) electrons. The first-order valence-corrected chi connectivity index (χ1v) is 6.97. The monoisotopic (exact) mass is 291 g/mol. The molecule has 0 heterocycles. The molecule has 4 nitrogen and oxygen atoms in total. The number of nitrogens with zero attached hydrogens (tertiary/aromatic N) is 1. The first kappa shape index (κ1) is 15.2. The zero-order valence-corrected chi connectivity index (χ0v) is 11.9. The average molecular weight is 291 g/mol. The normalized spacial score (nSPS) is 15.5. The molecule has 1 aromatic carbocycles. The largest absolute Gasteiger partial charge is 0.478 e. The molecule has 1 fully saturated rings. The Balaban J connectivity index is 2.15. The zero-order chi connectivity index (χ0) is 15.4. The van der Waals surface area contributed by atoms with Crippen molar-refractivity contribution in [3.05, 3.63) is 41.2 Å². The third-order valence-electron chi connectivity index (χ3n) is 3.85. The third-order valence-corrected chi connectivity index (χ3v) is 3.85. The second kappa shape index (κ2) is 6.52. The van der Waals surface area contributed by atoms with Crippen LogP contribution in [0, 0.1) is 5.82 Å². The summed E-state index contributed by atoms with van der Waals surface area (Å²) in [6.45, 7) is 0. The Hall–Kier alpha value is -2.17. The summed E-state index contributed by atoms with van der Waals surface area (Å²) in [6.07, 6.45) is 6.26. The van der Waals surface area contributed by atoms with Crippen LogP contribution in [0.3, 0.4) is 0 Å². The quantitative estimate of drug-likeness (QED) is 0.868. The van der Waals surface area contributed by atoms with Gasteiger partial charge in [-0.05, 0) is 31.1 Å². The van der Waals surface area contributed by atoms with Crippen LogP contribution in [0.5, 0.6) is 0 Å². The van der Waals surface area contributed by atoms with E-state index in [0.717, 1.165) is 37.8 Å². The second-order valence-electron chi connectivity index (χ2n) is 5.26. The van der Waals surface area contributed by atoms with Gasteiger partial charge in [-0.1, -0.05) is 18.9 Å². The van der Waals surface area contributed by atoms with Gasteiger partial charge in [0.25, 0.3) is 5.91 Å². The Bertz CT molecular complexity index is 577. The van der Waals surface area contributed by atoms with Crippen LogP contribution in [0.15, 0.2) is 24.3 Å². The van der Waals surface area contributed by atoms with Gasteiger partial charge in [-0.15, -0.1) is 0 Å². The van der Waals surface area contributed by atoms with Crippen LogP contribution in [-0.2, 0) is 4.79 Å². The molecule has 1 aromatic rings. The van der Waals surface area contributed by atoms with E-state index in [0.29, 0.717) is 0 Å². The van der Waals surface area contributed by atoms with Crippen molar-refractivity contribution in [2.45, 2.75) is 31.7 Å². The van der Waals surface area contributed by atoms with Crippen molar-refractivity contribution in [3.63, 3.8) is 0 Å². The Labute approximate surface area is 122 Å². The summed E-state index contributed by atoms with van der Waals surface area (Å²) in [4.78, 5) is 24.4. The van der Waals surface area contributed by atoms with Gasteiger partial charge in [0.2, 0.25) is 0 Å². The van der Waals surface area contributed by atoms with Gasteiger partial charge in [-0.2, -0.15) is 0 Å². The molecule has 21 heavy (non-hydrogen) atoms. The molecule has 0 spiro atoms. The molecule has 1 aliphatic carbocycles. The second-order valence-corrected chi connectivity index (χ2v) is 5.26. The van der Waals surface area contributed by atoms with E-state index in [1.165, 1.54) is 18.2 Å². The molecule has 1 saturated carbocycles. The van der Waals surface area contributed by atoms with Crippen LogP contribution in [0.4, 0.5) is 4.39 Å². The van der Waals surface area contributed by atoms with Crippen LogP contribution in [0.2, 0.25) is 0 Å². The van der Waals surface area contributed by atoms with E-state index in [-0.39, 0.29) is 23.1 Å². The van der Waals surface area contributed by atoms with Gasteiger partial charge >= 0.3 is 5.97 Å². The molecule has 2 rings (SSSR count). The number of carboxylic acid groups (broad SMARTS) is 1. The van der Waals surface area contributed by atoms with E-state index in [9.17, 15) is 14.0 Å². The Kier molecular flexibility index (Phi) is 4.73. The van der Waals surface area contributed by atoms with Crippen LogP contribution in [-0.4, -0.2) is 35.0 Å². The van der Waals surface area contributed by atoms with Gasteiger partial charge in [0, 0.05) is 30.3 Å². The van der Waals surface area contributed by atoms with Gasteiger partial charge in [0.1, 0.15) is 5.82 Å². The molecule has 5 heteroatoms. The zero-order valence-electron chi connectivity index (χ0n) is 11.9. The minimum atomic E-state index is -1.14. The summed E-state index contributed by atoms with van der Waals surface area (Å²) < 4.78 is 13.9. The van der Waals surface area contributed by atoms with E-state index >= 15 is 0 Å². The number of benzene rings is 1. The van der Waals surface area contributed by atoms with Crippen LogP contribution in [0.1, 0.15) is 41.6 Å². The highest BCUT2D eigenvalue weighted by atomic mass is 19.1. The number of hydrogen-bond acceptors (Lipinski definition) is 2. The van der Waals surface area contributed by atoms with Gasteiger partial charge in [-0.25, -0.2) is 9.18 Å². The molecule has 1 amide bonds. The lowest BCUT2D eigenvalue weighted by atomic mass is 10.1. The predicted molar refractivity (Wildman–Crippen MR) is 77.4 cm³/mol. The number of halogens is 1. The minimum absolute atomic E-state index is 0.150. The van der Waals surface area contributed by atoms with Gasteiger partial charge in [0.15, 0.2) is 0 Å². The minimum Gasteiger partial charge on any atom is -0.478 e. The molecular formula is C16H18FNO3. The average Bonchev–Trinajstić information content (AvgIpc) is 2.98. The van der Waals surface area contributed by atoms with Crippen molar-refractivity contribution in [3.8, 4) is 0 Å². The number of carbonyl (C=O) groups excluding carboxylic acids is 1. The number of rotatable bonds is 4. The highest BCUT2D eigenvalue weighted by Crippen LogP contribution is 2.24. The molecule has 1 aliphatic rings. The predicted octanol–water partition coefficient (Wildman–Crippen LogP) is 2.94. The van der Waals surface area contributed by atoms with Crippen molar-refractivity contribution in [2.75, 3.05) is 7.05 Å². The lowest BCUT2D eigenvalue weighted by Crippen LogP contribution is -2.35. The molecule has 0 atom stereocenters. The standard InChI is InChI=1S/C16H18FNO3/c1-18(13-4-2-3-5-13)16(21)12-7-6-11(14(17)10-12)8-9-15(19)20/h6-10,13H,2-5H2,1H3,(H,19,20). The first-order valence-electron chi connectivity index (χ1n) is 6.97. The fraction of sp³-hybridized carbons (Fsp3) is 0.375. The molecule has 1 N–H and O–H groups in total. The lowest BCUT2D eigenvalue weighted by molar-refractivity contribution is -0.131. The van der Waals surface area contributed by atoms with Crippen molar-refractivity contribution in [1.29, 1.82) is 0 Å². The van der Waals surface area contributed by atoms with Gasteiger partial charge in [-0.3, -0.25) is 4.79 Å². The Morgan fingerprint density at radius 2 is 2.00 bits per heavy atom. The summed E-state index contributed by atoms with van der Waals surface area (Å²) in [6, 6.07) is 4.34. The molecule has 0 bridgehead atoms. The highest BCUT2D eigenvalue weighted by Gasteiger charge is 2.24. The number of hydrogen-bond donors (Lipinski definition) is 1. The molecule has 0 unspecified atom stereocenters. The van der Waals surface area contributed by atoms with Crippen molar-refractivity contribution in [2.24, 2.45) is 0 Å². The molecule has 112 valence electrons.